The summed E-state index contributed by atoms with van der Waals surface area (Å²) in [6.07, 6.45) is 0. The number of thiophene rings is 1. The highest BCUT2D eigenvalue weighted by Crippen LogP contribution is 2.25. The number of rotatable bonds is 4. The summed E-state index contributed by atoms with van der Waals surface area (Å²) in [6, 6.07) is 8.21. The van der Waals surface area contributed by atoms with E-state index in [4.69, 9.17) is 4.74 Å². The van der Waals surface area contributed by atoms with E-state index in [1.54, 1.807) is 0 Å². The molecule has 104 valence electrons. The van der Waals surface area contributed by atoms with Gasteiger partial charge in [-0.05, 0) is 29.8 Å². The van der Waals surface area contributed by atoms with Crippen molar-refractivity contribution in [3.8, 4) is 0 Å². The normalized spacial score (nSPS) is 10.3. The van der Waals surface area contributed by atoms with Crippen LogP contribution in [0.15, 0.2) is 39.3 Å². The van der Waals surface area contributed by atoms with E-state index in [9.17, 15) is 14.9 Å². The Bertz CT molecular complexity index is 651. The molecule has 0 radical (unpaired) electrons. The summed E-state index contributed by atoms with van der Waals surface area (Å²) in [5.74, 6) is -0.570. The highest BCUT2D eigenvalue weighted by atomic mass is 79.9. The van der Waals surface area contributed by atoms with Crippen LogP contribution in [-0.2, 0) is 11.3 Å². The number of nitrogens with zero attached hydrogens (tertiary/aromatic N) is 1. The molecule has 0 atom stereocenters. The average molecular weight is 421 g/mol. The van der Waals surface area contributed by atoms with Crippen LogP contribution in [0.4, 0.5) is 5.00 Å². The lowest BCUT2D eigenvalue weighted by atomic mass is 10.2. The first-order chi connectivity index (χ1) is 9.45. The summed E-state index contributed by atoms with van der Waals surface area (Å²) >= 11 is 7.48. The predicted molar refractivity (Wildman–Crippen MR) is 81.9 cm³/mol. The molecule has 0 saturated heterocycles. The molecule has 0 fully saturated rings. The molecule has 1 heterocycles. The van der Waals surface area contributed by atoms with Crippen molar-refractivity contribution in [2.45, 2.75) is 6.61 Å². The molecule has 0 aliphatic heterocycles. The number of carbonyl (C=O) groups is 1. The van der Waals surface area contributed by atoms with Gasteiger partial charge < -0.3 is 4.74 Å². The SMILES string of the molecule is O=C(OCc1cc(Br)cc(Br)c1)c1ccc([N+](=O)[O-])s1. The minimum atomic E-state index is -0.570. The number of benzene rings is 1. The molecule has 1 aromatic carbocycles. The van der Waals surface area contributed by atoms with Crippen LogP contribution in [0.1, 0.15) is 15.2 Å². The molecule has 0 aliphatic carbocycles. The monoisotopic (exact) mass is 419 g/mol. The number of hydrogen-bond acceptors (Lipinski definition) is 5. The molecule has 20 heavy (non-hydrogen) atoms. The van der Waals surface area contributed by atoms with Crippen molar-refractivity contribution in [2.75, 3.05) is 0 Å². The Labute approximate surface area is 135 Å². The van der Waals surface area contributed by atoms with Gasteiger partial charge in [-0.3, -0.25) is 10.1 Å². The molecular weight excluding hydrogens is 414 g/mol. The molecule has 5 nitrogen and oxygen atoms in total. The summed E-state index contributed by atoms with van der Waals surface area (Å²) in [6.45, 7) is 0.0998. The van der Waals surface area contributed by atoms with Crippen LogP contribution in [-0.4, -0.2) is 10.9 Å². The van der Waals surface area contributed by atoms with Gasteiger partial charge in [-0.1, -0.05) is 43.2 Å². The molecule has 0 unspecified atom stereocenters. The van der Waals surface area contributed by atoms with E-state index in [1.165, 1.54) is 12.1 Å². The lowest BCUT2D eigenvalue weighted by Gasteiger charge is -2.04. The molecular formula is C12H7Br2NO4S. The first-order valence-electron chi connectivity index (χ1n) is 5.32. The van der Waals surface area contributed by atoms with Crippen LogP contribution in [0.5, 0.6) is 0 Å². The van der Waals surface area contributed by atoms with Crippen LogP contribution in [0.2, 0.25) is 0 Å². The first-order valence-corrected chi connectivity index (χ1v) is 7.72. The van der Waals surface area contributed by atoms with Crippen molar-refractivity contribution in [3.05, 3.63) is 59.8 Å². The molecule has 0 aliphatic rings. The maximum Gasteiger partial charge on any atom is 0.348 e. The van der Waals surface area contributed by atoms with Crippen molar-refractivity contribution < 1.29 is 14.5 Å². The fourth-order valence-electron chi connectivity index (χ4n) is 1.45. The fraction of sp³-hybridized carbons (Fsp3) is 0.0833. The van der Waals surface area contributed by atoms with Crippen LogP contribution >= 0.6 is 43.2 Å². The van der Waals surface area contributed by atoms with Gasteiger partial charge in [-0.15, -0.1) is 0 Å². The Kier molecular flexibility index (Phi) is 4.90. The molecule has 0 N–H and O–H groups in total. The van der Waals surface area contributed by atoms with Gasteiger partial charge in [0.05, 0.1) is 4.92 Å². The number of hydrogen-bond donors (Lipinski definition) is 0. The number of carbonyl (C=O) groups excluding carboxylic acids is 1. The molecule has 2 aromatic rings. The van der Waals surface area contributed by atoms with Crippen molar-refractivity contribution in [1.29, 1.82) is 0 Å². The Hall–Kier alpha value is -1.25. The average Bonchev–Trinajstić information content (AvgIpc) is 2.84. The number of halogens is 2. The maximum absolute atomic E-state index is 11.8. The Balaban J connectivity index is 2.02. The topological polar surface area (TPSA) is 69.4 Å². The van der Waals surface area contributed by atoms with Crippen molar-refractivity contribution in [1.82, 2.24) is 0 Å². The van der Waals surface area contributed by atoms with Gasteiger partial charge in [0.2, 0.25) is 0 Å². The molecule has 0 bridgehead atoms. The largest absolute Gasteiger partial charge is 0.457 e. The zero-order chi connectivity index (χ0) is 14.7. The van der Waals surface area contributed by atoms with Gasteiger partial charge >= 0.3 is 11.0 Å². The van der Waals surface area contributed by atoms with E-state index in [0.29, 0.717) is 0 Å². The summed E-state index contributed by atoms with van der Waals surface area (Å²) in [4.78, 5) is 22.0. The van der Waals surface area contributed by atoms with Gasteiger partial charge in [0.25, 0.3) is 0 Å². The van der Waals surface area contributed by atoms with Crippen molar-refractivity contribution in [2.24, 2.45) is 0 Å². The van der Waals surface area contributed by atoms with Crippen molar-refractivity contribution >= 4 is 54.2 Å². The van der Waals surface area contributed by atoms with Gasteiger partial charge in [-0.2, -0.15) is 0 Å². The Morgan fingerprint density at radius 2 is 1.90 bits per heavy atom. The van der Waals surface area contributed by atoms with Gasteiger partial charge in [0.1, 0.15) is 11.5 Å². The van der Waals surface area contributed by atoms with Crippen LogP contribution < -0.4 is 0 Å². The van der Waals surface area contributed by atoms with E-state index in [-0.39, 0.29) is 16.5 Å². The Morgan fingerprint density at radius 1 is 1.25 bits per heavy atom. The zero-order valence-corrected chi connectivity index (χ0v) is 13.8. The predicted octanol–water partition coefficient (Wildman–Crippen LogP) is 4.54. The van der Waals surface area contributed by atoms with Gasteiger partial charge in [0.15, 0.2) is 0 Å². The summed E-state index contributed by atoms with van der Waals surface area (Å²) in [5, 5.41) is 10.5. The molecule has 0 saturated carbocycles. The van der Waals surface area contributed by atoms with Crippen molar-refractivity contribution in [3.63, 3.8) is 0 Å². The van der Waals surface area contributed by atoms with Crippen LogP contribution in [0, 0.1) is 10.1 Å². The lowest BCUT2D eigenvalue weighted by Crippen LogP contribution is -2.03. The minimum absolute atomic E-state index is 0.0813. The van der Waals surface area contributed by atoms with E-state index in [1.807, 2.05) is 18.2 Å². The molecule has 1 aromatic heterocycles. The molecule has 8 heteroatoms. The summed E-state index contributed by atoms with van der Waals surface area (Å²) < 4.78 is 6.86. The second-order valence-electron chi connectivity index (χ2n) is 3.75. The minimum Gasteiger partial charge on any atom is -0.457 e. The summed E-state index contributed by atoms with van der Waals surface area (Å²) in [7, 11) is 0. The second-order valence-corrected chi connectivity index (χ2v) is 6.64. The third-order valence-electron chi connectivity index (χ3n) is 2.27. The third-order valence-corrected chi connectivity index (χ3v) is 4.20. The number of ether oxygens (including phenoxy) is 1. The fourth-order valence-corrected chi connectivity index (χ4v) is 3.55. The molecule has 2 rings (SSSR count). The van der Waals surface area contributed by atoms with Crippen LogP contribution in [0.25, 0.3) is 0 Å². The number of esters is 1. The van der Waals surface area contributed by atoms with Crippen LogP contribution in [0.3, 0.4) is 0 Å². The Morgan fingerprint density at radius 3 is 2.45 bits per heavy atom. The third kappa shape index (κ3) is 3.87. The van der Waals surface area contributed by atoms with E-state index in [2.05, 4.69) is 31.9 Å². The van der Waals surface area contributed by atoms with Gasteiger partial charge in [-0.25, -0.2) is 4.79 Å². The zero-order valence-electron chi connectivity index (χ0n) is 9.84. The van der Waals surface area contributed by atoms with E-state index >= 15 is 0 Å². The van der Waals surface area contributed by atoms with Gasteiger partial charge in [0, 0.05) is 15.0 Å². The second kappa shape index (κ2) is 6.47. The summed E-state index contributed by atoms with van der Waals surface area (Å²) in [5.41, 5.74) is 0.811. The van der Waals surface area contributed by atoms with E-state index < -0.39 is 10.9 Å². The lowest BCUT2D eigenvalue weighted by molar-refractivity contribution is -0.380. The standard InChI is InChI=1S/C12H7Br2NO4S/c13-8-3-7(4-9(14)5-8)6-19-12(16)10-1-2-11(20-10)15(17)18/h1-5H,6H2. The molecule has 0 amide bonds. The first kappa shape index (κ1) is 15.1. The maximum atomic E-state index is 11.8. The van der Waals surface area contributed by atoms with E-state index in [0.717, 1.165) is 25.8 Å². The molecule has 0 spiro atoms. The highest BCUT2D eigenvalue weighted by molar-refractivity contribution is 9.11. The highest BCUT2D eigenvalue weighted by Gasteiger charge is 2.16. The quantitative estimate of drug-likeness (QED) is 0.413. The smallest absolute Gasteiger partial charge is 0.348 e. The number of nitro groups is 1.